The summed E-state index contributed by atoms with van der Waals surface area (Å²) in [6.07, 6.45) is -3.72. The minimum atomic E-state index is -4.47. The summed E-state index contributed by atoms with van der Waals surface area (Å²) >= 11 is 0. The minimum absolute atomic E-state index is 0.332. The van der Waals surface area contributed by atoms with Gasteiger partial charge < -0.3 is 5.32 Å². The van der Waals surface area contributed by atoms with Crippen LogP contribution in [0.15, 0.2) is 36.4 Å². The van der Waals surface area contributed by atoms with Gasteiger partial charge in [-0.25, -0.2) is 4.98 Å². The number of pyridine rings is 1. The summed E-state index contributed by atoms with van der Waals surface area (Å²) in [4.78, 5) is 3.72. The molecule has 3 aromatic rings. The lowest BCUT2D eigenvalue weighted by atomic mass is 10.1. The highest BCUT2D eigenvalue weighted by atomic mass is 19.4. The molecule has 1 N–H and O–H groups in total. The number of rotatable bonds is 5. The topological polar surface area (TPSA) is 42.7 Å². The largest absolute Gasteiger partial charge is 0.433 e. The van der Waals surface area contributed by atoms with E-state index >= 15 is 0 Å². The zero-order valence-corrected chi connectivity index (χ0v) is 14.1. The molecule has 0 aliphatic heterocycles. The number of fused-ring (bicyclic) bond motifs is 1. The molecule has 0 atom stereocenters. The molecule has 4 nitrogen and oxygen atoms in total. The van der Waals surface area contributed by atoms with Gasteiger partial charge in [0.05, 0.1) is 11.2 Å². The van der Waals surface area contributed by atoms with Gasteiger partial charge in [0.2, 0.25) is 0 Å². The van der Waals surface area contributed by atoms with E-state index in [0.29, 0.717) is 29.7 Å². The van der Waals surface area contributed by atoms with Crippen LogP contribution in [0, 0.1) is 13.8 Å². The maximum Gasteiger partial charge on any atom is 0.433 e. The summed E-state index contributed by atoms with van der Waals surface area (Å²) in [6.45, 7) is 5.18. The molecule has 0 fully saturated rings. The number of aromatic nitrogens is 3. The number of alkyl halides is 3. The second-order valence-corrected chi connectivity index (χ2v) is 6.00. The monoisotopic (exact) mass is 348 g/mol. The molecule has 0 bridgehead atoms. The van der Waals surface area contributed by atoms with Crippen LogP contribution in [0.5, 0.6) is 0 Å². The third-order valence-electron chi connectivity index (χ3n) is 3.97. The van der Waals surface area contributed by atoms with Gasteiger partial charge in [-0.2, -0.15) is 18.3 Å². The third-order valence-corrected chi connectivity index (χ3v) is 3.97. The van der Waals surface area contributed by atoms with Crippen LogP contribution in [-0.2, 0) is 12.7 Å². The molecule has 7 heteroatoms. The Morgan fingerprint density at radius 3 is 2.56 bits per heavy atom. The van der Waals surface area contributed by atoms with Gasteiger partial charge in [0, 0.05) is 29.9 Å². The number of para-hydroxylation sites is 1. The van der Waals surface area contributed by atoms with Gasteiger partial charge in [0.1, 0.15) is 5.69 Å². The van der Waals surface area contributed by atoms with E-state index in [0.717, 1.165) is 23.9 Å². The SMILES string of the molecule is Cc1cc(C)n(CCCNc2cc(C(F)(F)F)nc3ccccc23)n1. The lowest BCUT2D eigenvalue weighted by molar-refractivity contribution is -0.140. The molecule has 25 heavy (non-hydrogen) atoms. The lowest BCUT2D eigenvalue weighted by Crippen LogP contribution is -2.12. The van der Waals surface area contributed by atoms with Gasteiger partial charge in [0.15, 0.2) is 0 Å². The molecular weight excluding hydrogens is 329 g/mol. The van der Waals surface area contributed by atoms with Crippen LogP contribution in [0.3, 0.4) is 0 Å². The average molecular weight is 348 g/mol. The van der Waals surface area contributed by atoms with E-state index in [-0.39, 0.29) is 0 Å². The van der Waals surface area contributed by atoms with Crippen LogP contribution in [0.1, 0.15) is 23.5 Å². The van der Waals surface area contributed by atoms with E-state index < -0.39 is 11.9 Å². The molecule has 2 aromatic heterocycles. The Morgan fingerprint density at radius 1 is 1.12 bits per heavy atom. The van der Waals surface area contributed by atoms with Crippen LogP contribution in [0.2, 0.25) is 0 Å². The maximum absolute atomic E-state index is 13.1. The number of halogens is 3. The fourth-order valence-corrected chi connectivity index (χ4v) is 2.82. The molecule has 0 unspecified atom stereocenters. The van der Waals surface area contributed by atoms with E-state index in [4.69, 9.17) is 0 Å². The van der Waals surface area contributed by atoms with Crippen molar-refractivity contribution in [3.63, 3.8) is 0 Å². The van der Waals surface area contributed by atoms with Crippen molar-refractivity contribution in [1.82, 2.24) is 14.8 Å². The van der Waals surface area contributed by atoms with Crippen molar-refractivity contribution in [2.75, 3.05) is 11.9 Å². The summed E-state index contributed by atoms with van der Waals surface area (Å²) in [5.74, 6) is 0. The highest BCUT2D eigenvalue weighted by Crippen LogP contribution is 2.32. The molecule has 2 heterocycles. The van der Waals surface area contributed by atoms with Crippen molar-refractivity contribution in [2.45, 2.75) is 33.0 Å². The number of aryl methyl sites for hydroxylation is 3. The molecule has 0 aliphatic carbocycles. The first-order valence-corrected chi connectivity index (χ1v) is 8.06. The molecule has 132 valence electrons. The van der Waals surface area contributed by atoms with E-state index in [1.807, 2.05) is 24.6 Å². The van der Waals surface area contributed by atoms with Gasteiger partial charge in [-0.1, -0.05) is 18.2 Å². The molecular formula is C18H19F3N4. The molecule has 3 rings (SSSR count). The zero-order chi connectivity index (χ0) is 18.0. The van der Waals surface area contributed by atoms with Crippen molar-refractivity contribution in [3.8, 4) is 0 Å². The number of hydrogen-bond donors (Lipinski definition) is 1. The normalized spacial score (nSPS) is 11.9. The number of nitrogens with one attached hydrogen (secondary N) is 1. The first kappa shape index (κ1) is 17.3. The van der Waals surface area contributed by atoms with Gasteiger partial charge >= 0.3 is 6.18 Å². The summed E-state index contributed by atoms with van der Waals surface area (Å²) in [6, 6.07) is 9.91. The molecule has 0 spiro atoms. The quantitative estimate of drug-likeness (QED) is 0.687. The Hall–Kier alpha value is -2.57. The number of anilines is 1. The molecule has 0 amide bonds. The van der Waals surface area contributed by atoms with Crippen LogP contribution in [0.4, 0.5) is 18.9 Å². The first-order chi connectivity index (χ1) is 11.8. The number of benzene rings is 1. The number of nitrogens with zero attached hydrogens (tertiary/aromatic N) is 3. The molecule has 0 radical (unpaired) electrons. The summed E-state index contributed by atoms with van der Waals surface area (Å²) in [5.41, 5.74) is 1.93. The van der Waals surface area contributed by atoms with E-state index in [2.05, 4.69) is 15.4 Å². The van der Waals surface area contributed by atoms with Crippen molar-refractivity contribution in [2.24, 2.45) is 0 Å². The van der Waals surface area contributed by atoms with Crippen molar-refractivity contribution < 1.29 is 13.2 Å². The van der Waals surface area contributed by atoms with Crippen LogP contribution >= 0.6 is 0 Å². The lowest BCUT2D eigenvalue weighted by Gasteiger charge is -2.13. The number of hydrogen-bond acceptors (Lipinski definition) is 3. The maximum atomic E-state index is 13.1. The average Bonchev–Trinajstić information content (AvgIpc) is 2.88. The Balaban J connectivity index is 1.75. The summed E-state index contributed by atoms with van der Waals surface area (Å²) < 4.78 is 41.1. The Labute approximate surface area is 143 Å². The molecule has 0 aliphatic rings. The predicted octanol–water partition coefficient (Wildman–Crippen LogP) is 4.57. The van der Waals surface area contributed by atoms with Gasteiger partial charge in [-0.15, -0.1) is 0 Å². The van der Waals surface area contributed by atoms with E-state index in [1.165, 1.54) is 0 Å². The zero-order valence-electron chi connectivity index (χ0n) is 14.1. The Morgan fingerprint density at radius 2 is 1.88 bits per heavy atom. The van der Waals surface area contributed by atoms with Crippen molar-refractivity contribution in [3.05, 3.63) is 53.5 Å². The van der Waals surface area contributed by atoms with Crippen molar-refractivity contribution in [1.29, 1.82) is 0 Å². The van der Waals surface area contributed by atoms with Crippen LogP contribution < -0.4 is 5.32 Å². The predicted molar refractivity (Wildman–Crippen MR) is 91.6 cm³/mol. The van der Waals surface area contributed by atoms with E-state index in [1.54, 1.807) is 24.3 Å². The summed E-state index contributed by atoms with van der Waals surface area (Å²) in [7, 11) is 0. The fourth-order valence-electron chi connectivity index (χ4n) is 2.82. The first-order valence-electron chi connectivity index (χ1n) is 8.06. The minimum Gasteiger partial charge on any atom is -0.384 e. The standard InChI is InChI=1S/C18H19F3N4/c1-12-10-13(2)25(24-12)9-5-8-22-16-11-17(18(19,20)21)23-15-7-4-3-6-14(15)16/h3-4,6-7,10-11H,5,8-9H2,1-2H3,(H,22,23). The Kier molecular flexibility index (Phi) is 4.65. The highest BCUT2D eigenvalue weighted by Gasteiger charge is 2.33. The van der Waals surface area contributed by atoms with Crippen LogP contribution in [-0.4, -0.2) is 21.3 Å². The second-order valence-electron chi connectivity index (χ2n) is 6.00. The van der Waals surface area contributed by atoms with Crippen LogP contribution in [0.25, 0.3) is 10.9 Å². The Bertz CT molecular complexity index is 884. The van der Waals surface area contributed by atoms with Gasteiger partial charge in [0.25, 0.3) is 0 Å². The second kappa shape index (κ2) is 6.74. The van der Waals surface area contributed by atoms with Gasteiger partial charge in [-0.05, 0) is 38.5 Å². The fraction of sp³-hybridized carbons (Fsp3) is 0.333. The van der Waals surface area contributed by atoms with Crippen molar-refractivity contribution >= 4 is 16.6 Å². The van der Waals surface area contributed by atoms with E-state index in [9.17, 15) is 13.2 Å². The molecule has 0 saturated carbocycles. The highest BCUT2D eigenvalue weighted by molar-refractivity contribution is 5.91. The third kappa shape index (κ3) is 3.92. The molecule has 1 aromatic carbocycles. The molecule has 0 saturated heterocycles. The van der Waals surface area contributed by atoms with Gasteiger partial charge in [-0.3, -0.25) is 4.68 Å². The smallest absolute Gasteiger partial charge is 0.384 e. The summed E-state index contributed by atoms with van der Waals surface area (Å²) in [5, 5.41) is 8.18.